The lowest BCUT2D eigenvalue weighted by Crippen LogP contribution is -2.14. The van der Waals surface area contributed by atoms with Crippen LogP contribution in [0.1, 0.15) is 18.1 Å². The Balaban J connectivity index is 1.55. The number of aryl methyl sites for hydroxylation is 1. The Hall–Kier alpha value is -3.24. The molecule has 4 nitrogen and oxygen atoms in total. The number of carbonyl (C=O) groups is 1. The van der Waals surface area contributed by atoms with Crippen molar-refractivity contribution in [3.63, 3.8) is 0 Å². The van der Waals surface area contributed by atoms with E-state index >= 15 is 0 Å². The monoisotopic (exact) mass is 405 g/mol. The number of ether oxygens (including phenoxy) is 1. The van der Waals surface area contributed by atoms with E-state index in [9.17, 15) is 4.79 Å². The van der Waals surface area contributed by atoms with Crippen LogP contribution in [0.25, 0.3) is 11.0 Å². The van der Waals surface area contributed by atoms with Gasteiger partial charge in [0.2, 0.25) is 5.91 Å². The minimum absolute atomic E-state index is 0.172. The minimum atomic E-state index is -0.172. The highest BCUT2D eigenvalue weighted by Gasteiger charge is 2.14. The van der Waals surface area contributed by atoms with Gasteiger partial charge >= 0.3 is 0 Å². The number of amides is 1. The first-order valence-corrected chi connectivity index (χ1v) is 9.81. The highest BCUT2D eigenvalue weighted by molar-refractivity contribution is 6.31. The van der Waals surface area contributed by atoms with Crippen LogP contribution in [0.15, 0.2) is 77.4 Å². The van der Waals surface area contributed by atoms with Gasteiger partial charge in [0.25, 0.3) is 0 Å². The summed E-state index contributed by atoms with van der Waals surface area (Å²) in [4.78, 5) is 12.7. The third-order valence-electron chi connectivity index (χ3n) is 4.66. The van der Waals surface area contributed by atoms with Crippen LogP contribution in [0.5, 0.6) is 11.5 Å². The van der Waals surface area contributed by atoms with Crippen molar-refractivity contribution in [3.8, 4) is 11.5 Å². The number of rotatable bonds is 6. The summed E-state index contributed by atoms with van der Waals surface area (Å²) >= 11 is 6.14. The molecule has 0 radical (unpaired) electrons. The van der Waals surface area contributed by atoms with Gasteiger partial charge in [-0.1, -0.05) is 42.8 Å². The van der Waals surface area contributed by atoms with Gasteiger partial charge in [-0.25, -0.2) is 0 Å². The lowest BCUT2D eigenvalue weighted by Gasteiger charge is -2.12. The summed E-state index contributed by atoms with van der Waals surface area (Å²) in [6, 6.07) is 20.6. The van der Waals surface area contributed by atoms with Crippen LogP contribution in [0.2, 0.25) is 5.02 Å². The molecule has 1 heterocycles. The van der Waals surface area contributed by atoms with Gasteiger partial charge in [0.05, 0.1) is 18.4 Å². The number of para-hydroxylation sites is 1. The van der Waals surface area contributed by atoms with Gasteiger partial charge in [-0.05, 0) is 54.4 Å². The zero-order valence-corrected chi connectivity index (χ0v) is 16.7. The normalized spacial score (nSPS) is 10.8. The number of halogens is 1. The van der Waals surface area contributed by atoms with Crippen LogP contribution in [0.4, 0.5) is 5.69 Å². The number of anilines is 1. The Morgan fingerprint density at radius 2 is 1.90 bits per heavy atom. The summed E-state index contributed by atoms with van der Waals surface area (Å²) in [5.74, 6) is 1.03. The molecule has 4 rings (SSSR count). The molecule has 0 saturated heterocycles. The van der Waals surface area contributed by atoms with E-state index in [0.29, 0.717) is 22.2 Å². The third kappa shape index (κ3) is 4.44. The number of furan rings is 1. The maximum atomic E-state index is 12.7. The fourth-order valence-corrected chi connectivity index (χ4v) is 3.33. The van der Waals surface area contributed by atoms with E-state index < -0.39 is 0 Å². The van der Waals surface area contributed by atoms with Crippen molar-refractivity contribution in [1.29, 1.82) is 0 Å². The quantitative estimate of drug-likeness (QED) is 0.392. The predicted molar refractivity (Wildman–Crippen MR) is 116 cm³/mol. The van der Waals surface area contributed by atoms with Crippen molar-refractivity contribution in [2.45, 2.75) is 19.8 Å². The molecule has 0 aliphatic heterocycles. The van der Waals surface area contributed by atoms with E-state index in [0.717, 1.165) is 23.0 Å². The molecular weight excluding hydrogens is 386 g/mol. The molecule has 5 heteroatoms. The van der Waals surface area contributed by atoms with Crippen LogP contribution < -0.4 is 10.1 Å². The van der Waals surface area contributed by atoms with Gasteiger partial charge < -0.3 is 14.5 Å². The summed E-state index contributed by atoms with van der Waals surface area (Å²) in [7, 11) is 0. The average molecular weight is 406 g/mol. The second-order valence-corrected chi connectivity index (χ2v) is 7.16. The lowest BCUT2D eigenvalue weighted by molar-refractivity contribution is -0.115. The third-order valence-corrected chi connectivity index (χ3v) is 4.90. The topological polar surface area (TPSA) is 51.5 Å². The van der Waals surface area contributed by atoms with E-state index in [-0.39, 0.29) is 12.3 Å². The first kappa shape index (κ1) is 19.1. The molecule has 0 spiro atoms. The Bertz CT molecular complexity index is 1150. The summed E-state index contributed by atoms with van der Waals surface area (Å²) in [6.07, 6.45) is 2.76. The van der Waals surface area contributed by atoms with Crippen molar-refractivity contribution in [3.05, 3.63) is 89.1 Å². The molecule has 0 aliphatic rings. The SMILES string of the molecule is CCc1ccc2occ(CC(=O)Nc3cc(Cl)ccc3Oc3ccccc3)c2c1. The number of hydrogen-bond donors (Lipinski definition) is 1. The number of carbonyl (C=O) groups excluding carboxylic acids is 1. The summed E-state index contributed by atoms with van der Waals surface area (Å²) in [6.45, 7) is 2.10. The second kappa shape index (κ2) is 8.41. The zero-order chi connectivity index (χ0) is 20.2. The van der Waals surface area contributed by atoms with Crippen molar-refractivity contribution >= 4 is 34.2 Å². The largest absolute Gasteiger partial charge is 0.464 e. The van der Waals surface area contributed by atoms with Crippen molar-refractivity contribution in [1.82, 2.24) is 0 Å². The standard InChI is InChI=1S/C24H20ClNO3/c1-2-16-8-10-22-20(12-16)17(15-28-22)13-24(27)26-21-14-18(25)9-11-23(21)29-19-6-4-3-5-7-19/h3-12,14-15H,2,13H2,1H3,(H,26,27). The van der Waals surface area contributed by atoms with Gasteiger partial charge in [0.15, 0.2) is 5.75 Å². The summed E-state index contributed by atoms with van der Waals surface area (Å²) < 4.78 is 11.5. The first-order valence-electron chi connectivity index (χ1n) is 9.43. The smallest absolute Gasteiger partial charge is 0.229 e. The van der Waals surface area contributed by atoms with Gasteiger partial charge in [-0.3, -0.25) is 4.79 Å². The van der Waals surface area contributed by atoms with Gasteiger partial charge in [0, 0.05) is 16.0 Å². The van der Waals surface area contributed by atoms with Crippen molar-refractivity contribution < 1.29 is 13.9 Å². The highest BCUT2D eigenvalue weighted by Crippen LogP contribution is 2.32. The maximum Gasteiger partial charge on any atom is 0.229 e. The molecule has 3 aromatic carbocycles. The van der Waals surface area contributed by atoms with Gasteiger partial charge in [-0.2, -0.15) is 0 Å². The van der Waals surface area contributed by atoms with Crippen LogP contribution >= 0.6 is 11.6 Å². The van der Waals surface area contributed by atoms with Crippen LogP contribution in [-0.4, -0.2) is 5.91 Å². The Labute approximate surface area is 174 Å². The zero-order valence-electron chi connectivity index (χ0n) is 15.9. The molecule has 0 fully saturated rings. The Morgan fingerprint density at radius 1 is 1.07 bits per heavy atom. The van der Waals surface area contributed by atoms with E-state index in [4.69, 9.17) is 20.8 Å². The Morgan fingerprint density at radius 3 is 2.69 bits per heavy atom. The molecule has 1 N–H and O–H groups in total. The summed E-state index contributed by atoms with van der Waals surface area (Å²) in [5.41, 5.74) is 3.35. The van der Waals surface area contributed by atoms with Crippen molar-refractivity contribution in [2.24, 2.45) is 0 Å². The number of benzene rings is 3. The molecule has 29 heavy (non-hydrogen) atoms. The molecule has 1 aromatic heterocycles. The molecule has 0 unspecified atom stereocenters. The molecule has 4 aromatic rings. The van der Waals surface area contributed by atoms with Gasteiger partial charge in [-0.15, -0.1) is 0 Å². The highest BCUT2D eigenvalue weighted by atomic mass is 35.5. The van der Waals surface area contributed by atoms with E-state index in [1.54, 1.807) is 24.5 Å². The van der Waals surface area contributed by atoms with Crippen molar-refractivity contribution in [2.75, 3.05) is 5.32 Å². The van der Waals surface area contributed by atoms with E-state index in [1.807, 2.05) is 42.5 Å². The van der Waals surface area contributed by atoms with Crippen LogP contribution in [0.3, 0.4) is 0 Å². The fraction of sp³-hybridized carbons (Fsp3) is 0.125. The molecule has 0 saturated carbocycles. The molecule has 0 atom stereocenters. The minimum Gasteiger partial charge on any atom is -0.464 e. The Kier molecular flexibility index (Phi) is 5.54. The fourth-order valence-electron chi connectivity index (χ4n) is 3.16. The maximum absolute atomic E-state index is 12.7. The number of hydrogen-bond acceptors (Lipinski definition) is 3. The average Bonchev–Trinajstić information content (AvgIpc) is 3.12. The molecule has 0 aliphatic carbocycles. The van der Waals surface area contributed by atoms with E-state index in [2.05, 4.69) is 18.3 Å². The van der Waals surface area contributed by atoms with Gasteiger partial charge in [0.1, 0.15) is 11.3 Å². The predicted octanol–water partition coefficient (Wildman–Crippen LogP) is 6.62. The molecule has 146 valence electrons. The summed E-state index contributed by atoms with van der Waals surface area (Å²) in [5, 5.41) is 4.39. The first-order chi connectivity index (χ1) is 14.1. The molecule has 0 bridgehead atoms. The molecular formula is C24H20ClNO3. The molecule has 1 amide bonds. The second-order valence-electron chi connectivity index (χ2n) is 6.73. The van der Waals surface area contributed by atoms with Crippen LogP contribution in [0, 0.1) is 0 Å². The lowest BCUT2D eigenvalue weighted by atomic mass is 10.1. The number of nitrogens with one attached hydrogen (secondary N) is 1. The van der Waals surface area contributed by atoms with E-state index in [1.165, 1.54) is 5.56 Å². The number of fused-ring (bicyclic) bond motifs is 1. The van der Waals surface area contributed by atoms with Crippen LogP contribution in [-0.2, 0) is 17.6 Å².